The van der Waals surface area contributed by atoms with Crippen molar-refractivity contribution in [1.82, 2.24) is 4.98 Å². The molecule has 0 radical (unpaired) electrons. The number of nitrogens with one attached hydrogen (secondary N) is 1. The largest absolute Gasteiger partial charge is 0.354 e. The van der Waals surface area contributed by atoms with E-state index in [-0.39, 0.29) is 6.04 Å². The molecular weight excluding hydrogens is 244 g/mol. The molecule has 2 heteroatoms. The number of H-pyrrole nitrogens is 1. The minimum atomic E-state index is 0.171. The molecule has 0 saturated carbocycles. The Bertz CT molecular complexity index is 784. The van der Waals surface area contributed by atoms with Crippen LogP contribution in [0.5, 0.6) is 0 Å². The van der Waals surface area contributed by atoms with Crippen molar-refractivity contribution in [2.24, 2.45) is 5.73 Å². The summed E-state index contributed by atoms with van der Waals surface area (Å²) >= 11 is 0. The highest BCUT2D eigenvalue weighted by Crippen LogP contribution is 2.40. The maximum absolute atomic E-state index is 6.29. The number of aryl methyl sites for hydroxylation is 2. The maximum Gasteiger partial charge on any atom is 0.0497 e. The van der Waals surface area contributed by atoms with Gasteiger partial charge in [0, 0.05) is 22.6 Å². The molecule has 0 fully saturated rings. The molecule has 0 aliphatic heterocycles. The van der Waals surface area contributed by atoms with Crippen LogP contribution in [0.3, 0.4) is 0 Å². The summed E-state index contributed by atoms with van der Waals surface area (Å²) < 4.78 is 0. The Morgan fingerprint density at radius 2 is 1.90 bits per heavy atom. The number of aromatic nitrogens is 1. The van der Waals surface area contributed by atoms with Crippen LogP contribution in [-0.2, 0) is 6.42 Å². The molecule has 1 atom stereocenters. The lowest BCUT2D eigenvalue weighted by Crippen LogP contribution is -2.15. The van der Waals surface area contributed by atoms with Crippen molar-refractivity contribution in [2.45, 2.75) is 25.8 Å². The Kier molecular flexibility index (Phi) is 2.48. The first-order chi connectivity index (χ1) is 9.75. The summed E-state index contributed by atoms with van der Waals surface area (Å²) in [4.78, 5) is 3.65. The van der Waals surface area contributed by atoms with Gasteiger partial charge in [-0.05, 0) is 42.0 Å². The van der Waals surface area contributed by atoms with Gasteiger partial charge in [-0.2, -0.15) is 0 Å². The fourth-order valence-corrected chi connectivity index (χ4v) is 3.40. The molecule has 100 valence electrons. The zero-order valence-corrected chi connectivity index (χ0v) is 11.6. The number of benzene rings is 2. The van der Waals surface area contributed by atoms with Crippen LogP contribution in [0.15, 0.2) is 42.5 Å². The Hall–Kier alpha value is -2.06. The lowest BCUT2D eigenvalue weighted by Gasteiger charge is -2.20. The second-order valence-corrected chi connectivity index (χ2v) is 5.71. The molecule has 20 heavy (non-hydrogen) atoms. The number of rotatable bonds is 1. The van der Waals surface area contributed by atoms with Crippen molar-refractivity contribution in [3.05, 3.63) is 59.2 Å². The zero-order valence-electron chi connectivity index (χ0n) is 11.6. The van der Waals surface area contributed by atoms with Crippen molar-refractivity contribution >= 4 is 10.9 Å². The third-order valence-corrected chi connectivity index (χ3v) is 4.47. The topological polar surface area (TPSA) is 41.8 Å². The van der Waals surface area contributed by atoms with E-state index in [0.717, 1.165) is 12.8 Å². The third kappa shape index (κ3) is 1.55. The standard InChI is InChI=1S/C18H18N2/c1-11-7-8-13-15(19)10-9-14-16(13)17(11)20-18(14)12-5-3-2-4-6-12/h2-8,15,20H,9-10,19H2,1H3. The summed E-state index contributed by atoms with van der Waals surface area (Å²) in [6.07, 6.45) is 2.09. The van der Waals surface area contributed by atoms with E-state index in [9.17, 15) is 0 Å². The van der Waals surface area contributed by atoms with Gasteiger partial charge in [-0.1, -0.05) is 42.5 Å². The summed E-state index contributed by atoms with van der Waals surface area (Å²) in [6.45, 7) is 2.16. The van der Waals surface area contributed by atoms with E-state index in [0.29, 0.717) is 0 Å². The highest BCUT2D eigenvalue weighted by molar-refractivity contribution is 5.96. The average molecular weight is 262 g/mol. The number of nitrogens with two attached hydrogens (primary N) is 1. The molecule has 2 nitrogen and oxygen atoms in total. The second-order valence-electron chi connectivity index (χ2n) is 5.71. The van der Waals surface area contributed by atoms with Crippen molar-refractivity contribution in [3.8, 4) is 11.3 Å². The Morgan fingerprint density at radius 1 is 1.10 bits per heavy atom. The predicted octanol–water partition coefficient (Wildman–Crippen LogP) is 4.09. The SMILES string of the molecule is Cc1ccc2c3c(c(-c4ccccc4)[nH]c13)CCC2N. The molecule has 1 aliphatic rings. The molecule has 0 amide bonds. The normalized spacial score (nSPS) is 17.6. The smallest absolute Gasteiger partial charge is 0.0497 e. The predicted molar refractivity (Wildman–Crippen MR) is 83.7 cm³/mol. The van der Waals surface area contributed by atoms with Gasteiger partial charge in [0.05, 0.1) is 0 Å². The van der Waals surface area contributed by atoms with Crippen molar-refractivity contribution in [1.29, 1.82) is 0 Å². The molecule has 3 N–H and O–H groups in total. The average Bonchev–Trinajstić information content (AvgIpc) is 2.87. The van der Waals surface area contributed by atoms with Crippen molar-refractivity contribution < 1.29 is 0 Å². The summed E-state index contributed by atoms with van der Waals surface area (Å²) in [5.74, 6) is 0. The van der Waals surface area contributed by atoms with Crippen LogP contribution in [0, 0.1) is 6.92 Å². The monoisotopic (exact) mass is 262 g/mol. The van der Waals surface area contributed by atoms with Crippen molar-refractivity contribution in [3.63, 3.8) is 0 Å². The van der Waals surface area contributed by atoms with Gasteiger partial charge in [-0.25, -0.2) is 0 Å². The van der Waals surface area contributed by atoms with E-state index in [1.807, 2.05) is 0 Å². The molecule has 3 aromatic rings. The van der Waals surface area contributed by atoms with Crippen LogP contribution in [0.4, 0.5) is 0 Å². The van der Waals surface area contributed by atoms with Gasteiger partial charge in [0.15, 0.2) is 0 Å². The van der Waals surface area contributed by atoms with E-state index in [1.165, 1.54) is 38.9 Å². The quantitative estimate of drug-likeness (QED) is 0.681. The van der Waals surface area contributed by atoms with Gasteiger partial charge >= 0.3 is 0 Å². The first-order valence-electron chi connectivity index (χ1n) is 7.21. The minimum Gasteiger partial charge on any atom is -0.354 e. The zero-order chi connectivity index (χ0) is 13.7. The molecule has 2 aromatic carbocycles. The first kappa shape index (κ1) is 11.7. The fourth-order valence-electron chi connectivity index (χ4n) is 3.40. The molecule has 1 unspecified atom stereocenters. The van der Waals surface area contributed by atoms with Gasteiger partial charge in [0.2, 0.25) is 0 Å². The van der Waals surface area contributed by atoms with Gasteiger partial charge in [-0.15, -0.1) is 0 Å². The lowest BCUT2D eigenvalue weighted by molar-refractivity contribution is 0.644. The van der Waals surface area contributed by atoms with Gasteiger partial charge in [0.25, 0.3) is 0 Å². The van der Waals surface area contributed by atoms with E-state index >= 15 is 0 Å². The number of hydrogen-bond acceptors (Lipinski definition) is 1. The van der Waals surface area contributed by atoms with E-state index in [2.05, 4.69) is 54.4 Å². The van der Waals surface area contributed by atoms with Gasteiger partial charge in [-0.3, -0.25) is 0 Å². The minimum absolute atomic E-state index is 0.171. The number of hydrogen-bond donors (Lipinski definition) is 2. The highest BCUT2D eigenvalue weighted by atomic mass is 14.7. The molecule has 0 saturated heterocycles. The first-order valence-corrected chi connectivity index (χ1v) is 7.21. The Morgan fingerprint density at radius 3 is 2.70 bits per heavy atom. The van der Waals surface area contributed by atoms with E-state index < -0.39 is 0 Å². The lowest BCUT2D eigenvalue weighted by atomic mass is 9.86. The van der Waals surface area contributed by atoms with Crippen LogP contribution < -0.4 is 5.73 Å². The number of aromatic amines is 1. The van der Waals surface area contributed by atoms with Gasteiger partial charge < -0.3 is 10.7 Å². The molecule has 0 spiro atoms. The van der Waals surface area contributed by atoms with E-state index in [1.54, 1.807) is 0 Å². The van der Waals surface area contributed by atoms with Crippen LogP contribution >= 0.6 is 0 Å². The summed E-state index contributed by atoms with van der Waals surface area (Å²) in [5, 5.41) is 1.36. The maximum atomic E-state index is 6.29. The van der Waals surface area contributed by atoms with E-state index in [4.69, 9.17) is 5.73 Å². The Balaban J connectivity index is 2.09. The van der Waals surface area contributed by atoms with Gasteiger partial charge in [0.1, 0.15) is 0 Å². The third-order valence-electron chi connectivity index (χ3n) is 4.47. The van der Waals surface area contributed by atoms with Crippen LogP contribution in [0.1, 0.15) is 29.2 Å². The van der Waals surface area contributed by atoms with Crippen molar-refractivity contribution in [2.75, 3.05) is 0 Å². The summed E-state index contributed by atoms with van der Waals surface area (Å²) in [7, 11) is 0. The summed E-state index contributed by atoms with van der Waals surface area (Å²) in [5.41, 5.74) is 14.1. The summed E-state index contributed by atoms with van der Waals surface area (Å²) in [6, 6.07) is 15.1. The Labute approximate surface area is 118 Å². The van der Waals surface area contributed by atoms with Crippen LogP contribution in [-0.4, -0.2) is 4.98 Å². The molecule has 4 rings (SSSR count). The molecule has 1 aromatic heterocycles. The fraction of sp³-hybridized carbons (Fsp3) is 0.222. The molecule has 0 bridgehead atoms. The molecule has 1 aliphatic carbocycles. The molecular formula is C18H18N2. The van der Waals surface area contributed by atoms with Crippen LogP contribution in [0.2, 0.25) is 0 Å². The van der Waals surface area contributed by atoms with Crippen LogP contribution in [0.25, 0.3) is 22.2 Å². The highest BCUT2D eigenvalue weighted by Gasteiger charge is 2.24. The second kappa shape index (κ2) is 4.22. The molecule has 1 heterocycles.